The molecule has 0 aromatic heterocycles. The number of hydrogen-bond acceptors (Lipinski definition) is 3. The first kappa shape index (κ1) is 10.6. The predicted octanol–water partition coefficient (Wildman–Crippen LogP) is 2.09. The highest BCUT2D eigenvalue weighted by Crippen LogP contribution is 2.13. The van der Waals surface area contributed by atoms with Crippen molar-refractivity contribution in [3.05, 3.63) is 42.6 Å². The predicted molar refractivity (Wildman–Crippen MR) is 69.9 cm³/mol. The molecule has 0 amide bonds. The van der Waals surface area contributed by atoms with Crippen molar-refractivity contribution in [1.82, 2.24) is 10.4 Å². The monoisotopic (exact) mass is 232 g/mol. The van der Waals surface area contributed by atoms with Gasteiger partial charge in [-0.25, -0.2) is 5.01 Å². The van der Waals surface area contributed by atoms with Crippen LogP contribution in [0.3, 0.4) is 0 Å². The summed E-state index contributed by atoms with van der Waals surface area (Å²) in [5, 5.41) is 6.22. The van der Waals surface area contributed by atoms with Crippen LogP contribution < -0.4 is 10.9 Å². The third-order valence-electron chi connectivity index (χ3n) is 2.22. The zero-order valence-corrected chi connectivity index (χ0v) is 9.71. The number of rotatable bonds is 2. The molecule has 2 rings (SSSR count). The second-order valence-electron chi connectivity index (χ2n) is 3.37. The summed E-state index contributed by atoms with van der Waals surface area (Å²) in [6.45, 7) is 5.80. The lowest BCUT2D eigenvalue weighted by Crippen LogP contribution is -2.46. The molecule has 0 spiro atoms. The molecule has 0 saturated heterocycles. The van der Waals surface area contributed by atoms with Gasteiger partial charge in [0.15, 0.2) is 0 Å². The number of allylic oxidation sites excluding steroid dienone is 1. The molecular weight excluding hydrogens is 220 g/mol. The lowest BCUT2D eigenvalue weighted by atomic mass is 10.3. The molecule has 1 aromatic rings. The minimum absolute atomic E-state index is 0.486. The summed E-state index contributed by atoms with van der Waals surface area (Å²) >= 11 is 5.14. The molecule has 0 aliphatic carbocycles. The molecule has 1 aromatic carbocycles. The molecule has 0 bridgehead atoms. The lowest BCUT2D eigenvalue weighted by molar-refractivity contribution is 0.610. The van der Waals surface area contributed by atoms with Gasteiger partial charge < -0.3 is 0 Å². The topological polar surface area (TPSA) is 39.7 Å². The van der Waals surface area contributed by atoms with Crippen molar-refractivity contribution >= 4 is 28.7 Å². The number of hydrogen-bond donors (Lipinski definition) is 2. The van der Waals surface area contributed by atoms with Gasteiger partial charge >= 0.3 is 0 Å². The van der Waals surface area contributed by atoms with Crippen molar-refractivity contribution in [2.75, 3.05) is 5.43 Å². The Hall–Kier alpha value is -1.88. The molecule has 2 N–H and O–H groups in total. The first-order valence-electron chi connectivity index (χ1n) is 4.84. The van der Waals surface area contributed by atoms with Crippen molar-refractivity contribution in [1.29, 1.82) is 0 Å². The molecular formula is C11H12N4S. The fourth-order valence-corrected chi connectivity index (χ4v) is 1.49. The van der Waals surface area contributed by atoms with Crippen molar-refractivity contribution in [2.45, 2.75) is 6.92 Å². The summed E-state index contributed by atoms with van der Waals surface area (Å²) < 4.78 is 0. The van der Waals surface area contributed by atoms with Gasteiger partial charge in [0.2, 0.25) is 5.11 Å². The molecule has 0 fully saturated rings. The number of nitrogens with one attached hydrogen (secondary N) is 2. The van der Waals surface area contributed by atoms with Crippen molar-refractivity contribution in [3.8, 4) is 0 Å². The normalized spacial score (nSPS) is 15.6. The zero-order valence-electron chi connectivity index (χ0n) is 8.90. The second-order valence-corrected chi connectivity index (χ2v) is 3.76. The van der Waals surface area contributed by atoms with Crippen LogP contribution in [-0.2, 0) is 0 Å². The molecule has 0 atom stereocenters. The number of benzene rings is 1. The van der Waals surface area contributed by atoms with Gasteiger partial charge in [0.25, 0.3) is 0 Å². The third kappa shape index (κ3) is 2.04. The molecule has 1 heterocycles. The van der Waals surface area contributed by atoms with E-state index in [2.05, 4.69) is 22.5 Å². The number of nitrogens with zero attached hydrogens (tertiary/aromatic N) is 2. The Bertz CT molecular complexity index is 452. The van der Waals surface area contributed by atoms with Crippen LogP contribution in [0.4, 0.5) is 5.69 Å². The maximum Gasteiger partial charge on any atom is 0.213 e. The Morgan fingerprint density at radius 3 is 2.75 bits per heavy atom. The summed E-state index contributed by atoms with van der Waals surface area (Å²) in [4.78, 5) is 0. The fourth-order valence-electron chi connectivity index (χ4n) is 1.29. The van der Waals surface area contributed by atoms with E-state index in [-0.39, 0.29) is 0 Å². The maximum atomic E-state index is 5.14. The summed E-state index contributed by atoms with van der Waals surface area (Å²) in [7, 11) is 0. The van der Waals surface area contributed by atoms with E-state index in [4.69, 9.17) is 12.2 Å². The Morgan fingerprint density at radius 2 is 2.06 bits per heavy atom. The summed E-state index contributed by atoms with van der Waals surface area (Å²) in [6.07, 6.45) is 0. The van der Waals surface area contributed by atoms with E-state index in [9.17, 15) is 0 Å². The summed E-state index contributed by atoms with van der Waals surface area (Å²) in [5.74, 6) is 0. The average Bonchev–Trinajstić information content (AvgIpc) is 2.31. The van der Waals surface area contributed by atoms with Gasteiger partial charge in [-0.1, -0.05) is 24.8 Å². The van der Waals surface area contributed by atoms with E-state index >= 15 is 0 Å². The van der Waals surface area contributed by atoms with Gasteiger partial charge in [0.1, 0.15) is 0 Å². The Kier molecular flexibility index (Phi) is 2.87. The number of para-hydroxylation sites is 1. The highest BCUT2D eigenvalue weighted by Gasteiger charge is 2.19. The van der Waals surface area contributed by atoms with Crippen LogP contribution in [0, 0.1) is 0 Å². The average molecular weight is 232 g/mol. The minimum Gasteiger partial charge on any atom is -0.292 e. The first-order valence-corrected chi connectivity index (χ1v) is 5.24. The van der Waals surface area contributed by atoms with E-state index in [0.717, 1.165) is 17.1 Å². The van der Waals surface area contributed by atoms with Gasteiger partial charge in [0, 0.05) is 0 Å². The fraction of sp³-hybridized carbons (Fsp3) is 0.0909. The molecule has 1 aliphatic heterocycles. The van der Waals surface area contributed by atoms with E-state index in [1.54, 1.807) is 5.01 Å². The van der Waals surface area contributed by atoms with Gasteiger partial charge in [-0.05, 0) is 31.3 Å². The van der Waals surface area contributed by atoms with Crippen molar-refractivity contribution < 1.29 is 0 Å². The van der Waals surface area contributed by atoms with Gasteiger partial charge in [-0.3, -0.25) is 10.9 Å². The van der Waals surface area contributed by atoms with E-state index in [1.807, 2.05) is 37.3 Å². The number of thiocarbonyl (C=S) groups is 1. The van der Waals surface area contributed by atoms with Crippen molar-refractivity contribution in [3.63, 3.8) is 0 Å². The van der Waals surface area contributed by atoms with E-state index < -0.39 is 0 Å². The largest absolute Gasteiger partial charge is 0.292 e. The van der Waals surface area contributed by atoms with Crippen LogP contribution in [0.5, 0.6) is 0 Å². The third-order valence-corrected chi connectivity index (χ3v) is 2.50. The molecule has 0 saturated carbocycles. The highest BCUT2D eigenvalue weighted by molar-refractivity contribution is 7.80. The molecule has 16 heavy (non-hydrogen) atoms. The van der Waals surface area contributed by atoms with Gasteiger partial charge in [-0.15, -0.1) is 0 Å². The molecule has 0 radical (unpaired) electrons. The number of hydrazine groups is 1. The highest BCUT2D eigenvalue weighted by atomic mass is 32.1. The van der Waals surface area contributed by atoms with E-state index in [0.29, 0.717) is 5.11 Å². The quantitative estimate of drug-likeness (QED) is 0.766. The first-order chi connectivity index (χ1) is 7.68. The van der Waals surface area contributed by atoms with Crippen molar-refractivity contribution in [2.24, 2.45) is 5.10 Å². The Balaban J connectivity index is 2.19. The number of hydrazone groups is 1. The Labute approximate surface area is 99.6 Å². The molecule has 4 nitrogen and oxygen atoms in total. The molecule has 82 valence electrons. The summed E-state index contributed by atoms with van der Waals surface area (Å²) in [5.41, 5.74) is 8.41. The van der Waals surface area contributed by atoms with Gasteiger partial charge in [-0.2, -0.15) is 5.10 Å². The molecule has 1 aliphatic rings. The SMILES string of the molecule is C=C1C(C)=NNC(=S)N1Nc1ccccc1. The van der Waals surface area contributed by atoms with Gasteiger partial charge in [0.05, 0.1) is 17.1 Å². The maximum absolute atomic E-state index is 5.14. The van der Waals surface area contributed by atoms with Crippen LogP contribution >= 0.6 is 12.2 Å². The summed E-state index contributed by atoms with van der Waals surface area (Å²) in [6, 6.07) is 9.77. The van der Waals surface area contributed by atoms with Crippen LogP contribution in [0.2, 0.25) is 0 Å². The lowest BCUT2D eigenvalue weighted by Gasteiger charge is -2.30. The van der Waals surface area contributed by atoms with Crippen LogP contribution in [0.15, 0.2) is 47.7 Å². The van der Waals surface area contributed by atoms with Crippen LogP contribution in [-0.4, -0.2) is 15.8 Å². The second kappa shape index (κ2) is 4.32. The Morgan fingerprint density at radius 1 is 1.38 bits per heavy atom. The van der Waals surface area contributed by atoms with Crippen LogP contribution in [0.1, 0.15) is 6.92 Å². The smallest absolute Gasteiger partial charge is 0.213 e. The zero-order chi connectivity index (χ0) is 11.5. The number of anilines is 1. The standard InChI is InChI=1S/C11H12N4S/c1-8-9(2)15(11(16)13-12-8)14-10-6-4-3-5-7-10/h3-7,14H,2H2,1H3,(H,13,16). The molecule has 5 heteroatoms. The molecule has 0 unspecified atom stereocenters. The van der Waals surface area contributed by atoms with Crippen LogP contribution in [0.25, 0.3) is 0 Å². The van der Waals surface area contributed by atoms with E-state index in [1.165, 1.54) is 0 Å². The minimum atomic E-state index is 0.486.